The smallest absolute Gasteiger partial charge is 0.259 e. The van der Waals surface area contributed by atoms with Crippen molar-refractivity contribution in [3.05, 3.63) is 86.3 Å². The molecule has 0 saturated heterocycles. The van der Waals surface area contributed by atoms with E-state index >= 15 is 0 Å². The predicted molar refractivity (Wildman–Crippen MR) is 117 cm³/mol. The Balaban J connectivity index is 1.87. The number of hydrogen-bond acceptors (Lipinski definition) is 3. The molecular weight excluding hydrogens is 526 g/mol. The second kappa shape index (κ2) is 9.36. The lowest BCUT2D eigenvalue weighted by Gasteiger charge is -2.12. The van der Waals surface area contributed by atoms with Crippen LogP contribution in [0.1, 0.15) is 20.7 Å². The number of methoxy groups -OCH3 is 1. The van der Waals surface area contributed by atoms with Gasteiger partial charge in [0.1, 0.15) is 17.4 Å². The van der Waals surface area contributed by atoms with E-state index in [1.54, 1.807) is 12.1 Å². The topological polar surface area (TPSA) is 67.4 Å². The van der Waals surface area contributed by atoms with E-state index in [-0.39, 0.29) is 28.3 Å². The molecule has 0 heterocycles. The number of carbonyl (C=O) groups excluding carboxylic acids is 2. The molecule has 0 aliphatic carbocycles. The molecular formula is C21H14Br2F2N2O3. The van der Waals surface area contributed by atoms with Crippen molar-refractivity contribution in [3.63, 3.8) is 0 Å². The Morgan fingerprint density at radius 3 is 1.83 bits per heavy atom. The Morgan fingerprint density at radius 2 is 1.33 bits per heavy atom. The van der Waals surface area contributed by atoms with Crippen molar-refractivity contribution < 1.29 is 23.1 Å². The first kappa shape index (κ1) is 21.9. The van der Waals surface area contributed by atoms with Crippen LogP contribution >= 0.6 is 31.9 Å². The minimum atomic E-state index is -0.669. The summed E-state index contributed by atoms with van der Waals surface area (Å²) in [6.45, 7) is 0. The molecule has 3 rings (SSSR count). The first-order valence-corrected chi connectivity index (χ1v) is 10.1. The maximum atomic E-state index is 14.0. The molecule has 9 heteroatoms. The van der Waals surface area contributed by atoms with E-state index in [1.165, 1.54) is 49.6 Å². The zero-order chi connectivity index (χ0) is 21.8. The van der Waals surface area contributed by atoms with Crippen molar-refractivity contribution >= 4 is 55.0 Å². The average Bonchev–Trinajstić information content (AvgIpc) is 2.71. The highest BCUT2D eigenvalue weighted by atomic mass is 79.9. The summed E-state index contributed by atoms with van der Waals surface area (Å²) in [5.74, 6) is -2.34. The van der Waals surface area contributed by atoms with Crippen LogP contribution in [0.4, 0.5) is 20.2 Å². The quantitative estimate of drug-likeness (QED) is 0.417. The van der Waals surface area contributed by atoms with Gasteiger partial charge in [-0.1, -0.05) is 31.9 Å². The molecule has 0 radical (unpaired) electrons. The van der Waals surface area contributed by atoms with Crippen molar-refractivity contribution in [3.8, 4) is 5.75 Å². The van der Waals surface area contributed by atoms with Gasteiger partial charge in [-0.05, 0) is 54.6 Å². The zero-order valence-electron chi connectivity index (χ0n) is 15.4. The van der Waals surface area contributed by atoms with Crippen LogP contribution in [-0.4, -0.2) is 18.9 Å². The summed E-state index contributed by atoms with van der Waals surface area (Å²) >= 11 is 6.29. The zero-order valence-corrected chi connectivity index (χ0v) is 18.6. The van der Waals surface area contributed by atoms with Crippen LogP contribution in [0.2, 0.25) is 0 Å². The van der Waals surface area contributed by atoms with Crippen LogP contribution in [0, 0.1) is 11.6 Å². The number of ether oxygens (including phenoxy) is 1. The Labute approximate surface area is 187 Å². The lowest BCUT2D eigenvalue weighted by Crippen LogP contribution is -2.17. The molecule has 2 N–H and O–H groups in total. The summed E-state index contributed by atoms with van der Waals surface area (Å²) < 4.78 is 34.3. The third-order valence-electron chi connectivity index (χ3n) is 4.06. The second-order valence-electron chi connectivity index (χ2n) is 6.07. The Bertz CT molecular complexity index is 1140. The molecule has 0 saturated carbocycles. The van der Waals surface area contributed by atoms with Gasteiger partial charge >= 0.3 is 0 Å². The number of halogens is 4. The van der Waals surface area contributed by atoms with Gasteiger partial charge in [0.2, 0.25) is 0 Å². The van der Waals surface area contributed by atoms with Gasteiger partial charge in [0.05, 0.1) is 24.0 Å². The fraction of sp³-hybridized carbons (Fsp3) is 0.0476. The van der Waals surface area contributed by atoms with Gasteiger partial charge < -0.3 is 15.4 Å². The third kappa shape index (κ3) is 5.03. The van der Waals surface area contributed by atoms with E-state index in [0.717, 1.165) is 0 Å². The summed E-state index contributed by atoms with van der Waals surface area (Å²) in [6, 6.07) is 12.5. The number of amides is 2. The molecule has 0 aromatic heterocycles. The molecule has 0 fully saturated rings. The molecule has 30 heavy (non-hydrogen) atoms. The van der Waals surface area contributed by atoms with Crippen LogP contribution in [0.3, 0.4) is 0 Å². The van der Waals surface area contributed by atoms with Gasteiger partial charge in [0.25, 0.3) is 11.8 Å². The van der Waals surface area contributed by atoms with Crippen LogP contribution in [0.5, 0.6) is 5.75 Å². The molecule has 2 amide bonds. The van der Waals surface area contributed by atoms with Gasteiger partial charge in [-0.3, -0.25) is 9.59 Å². The standard InChI is InChI=1S/C21H14Br2F2N2O3/c1-30-19-7-2-11(20(28)26-17-5-3-12(22)9-15(17)24)8-14(19)21(29)27-18-6-4-13(23)10-16(18)25/h2-10H,1H3,(H,26,28)(H,27,29). The van der Waals surface area contributed by atoms with Crippen molar-refractivity contribution in [2.24, 2.45) is 0 Å². The number of rotatable bonds is 5. The van der Waals surface area contributed by atoms with E-state index in [9.17, 15) is 18.4 Å². The molecule has 0 unspecified atom stereocenters. The highest BCUT2D eigenvalue weighted by Crippen LogP contribution is 2.25. The van der Waals surface area contributed by atoms with Crippen LogP contribution < -0.4 is 15.4 Å². The number of carbonyl (C=O) groups is 2. The normalized spacial score (nSPS) is 10.4. The molecule has 3 aromatic carbocycles. The number of anilines is 2. The fourth-order valence-electron chi connectivity index (χ4n) is 2.59. The van der Waals surface area contributed by atoms with Crippen molar-refractivity contribution in [1.29, 1.82) is 0 Å². The molecule has 0 bridgehead atoms. The minimum Gasteiger partial charge on any atom is -0.496 e. The highest BCUT2D eigenvalue weighted by Gasteiger charge is 2.18. The summed E-state index contributed by atoms with van der Waals surface area (Å²) in [4.78, 5) is 25.2. The molecule has 5 nitrogen and oxygen atoms in total. The maximum absolute atomic E-state index is 14.0. The minimum absolute atomic E-state index is 0.0121. The van der Waals surface area contributed by atoms with Gasteiger partial charge in [-0.2, -0.15) is 0 Å². The van der Waals surface area contributed by atoms with Crippen LogP contribution in [0.25, 0.3) is 0 Å². The molecule has 0 spiro atoms. The number of nitrogens with one attached hydrogen (secondary N) is 2. The Kier molecular flexibility index (Phi) is 6.84. The predicted octanol–water partition coefficient (Wildman–Crippen LogP) is 6.00. The van der Waals surface area contributed by atoms with E-state index in [2.05, 4.69) is 42.5 Å². The lowest BCUT2D eigenvalue weighted by atomic mass is 10.1. The molecule has 0 atom stereocenters. The summed E-state index contributed by atoms with van der Waals surface area (Å²) in [5.41, 5.74) is 0.0716. The van der Waals surface area contributed by atoms with E-state index in [0.29, 0.717) is 8.95 Å². The molecule has 0 aliphatic rings. The summed E-state index contributed by atoms with van der Waals surface area (Å²) in [6.07, 6.45) is 0. The van der Waals surface area contributed by atoms with Crippen LogP contribution in [0.15, 0.2) is 63.5 Å². The Hall–Kier alpha value is -2.78. The van der Waals surface area contributed by atoms with Crippen molar-refractivity contribution in [1.82, 2.24) is 0 Å². The third-order valence-corrected chi connectivity index (χ3v) is 5.05. The molecule has 0 aliphatic heterocycles. The molecule has 3 aromatic rings. The SMILES string of the molecule is COc1ccc(C(=O)Nc2ccc(Br)cc2F)cc1C(=O)Nc1ccc(Br)cc1F. The van der Waals surface area contributed by atoms with Gasteiger partial charge in [0.15, 0.2) is 0 Å². The molecule has 154 valence electrons. The maximum Gasteiger partial charge on any atom is 0.259 e. The summed E-state index contributed by atoms with van der Waals surface area (Å²) in [5, 5.41) is 4.90. The largest absolute Gasteiger partial charge is 0.496 e. The van der Waals surface area contributed by atoms with E-state index in [1.807, 2.05) is 0 Å². The van der Waals surface area contributed by atoms with Crippen molar-refractivity contribution in [2.45, 2.75) is 0 Å². The van der Waals surface area contributed by atoms with Gasteiger partial charge in [-0.15, -0.1) is 0 Å². The second-order valence-corrected chi connectivity index (χ2v) is 7.90. The lowest BCUT2D eigenvalue weighted by molar-refractivity contribution is 0.102. The highest BCUT2D eigenvalue weighted by molar-refractivity contribution is 9.10. The monoisotopic (exact) mass is 538 g/mol. The number of benzene rings is 3. The average molecular weight is 540 g/mol. The Morgan fingerprint density at radius 1 is 0.800 bits per heavy atom. The van der Waals surface area contributed by atoms with Crippen LogP contribution in [-0.2, 0) is 0 Å². The van der Waals surface area contributed by atoms with Gasteiger partial charge in [0, 0.05) is 14.5 Å². The van der Waals surface area contributed by atoms with Gasteiger partial charge in [-0.25, -0.2) is 8.78 Å². The van der Waals surface area contributed by atoms with E-state index in [4.69, 9.17) is 4.74 Å². The van der Waals surface area contributed by atoms with E-state index < -0.39 is 23.4 Å². The number of hydrogen-bond donors (Lipinski definition) is 2. The first-order chi connectivity index (χ1) is 14.3. The fourth-order valence-corrected chi connectivity index (χ4v) is 3.26. The van der Waals surface area contributed by atoms with Crippen molar-refractivity contribution in [2.75, 3.05) is 17.7 Å². The summed E-state index contributed by atoms with van der Waals surface area (Å²) in [7, 11) is 1.36. The first-order valence-electron chi connectivity index (χ1n) is 8.49.